The molecular weight excluding hydrogens is 286 g/mol. The number of hydrogen-bond acceptors (Lipinski definition) is 3. The van der Waals surface area contributed by atoms with Crippen LogP contribution in [0.5, 0.6) is 0 Å². The molecule has 0 radical (unpaired) electrons. The predicted molar refractivity (Wildman–Crippen MR) is 82.2 cm³/mol. The van der Waals surface area contributed by atoms with Crippen molar-refractivity contribution in [3.8, 4) is 11.8 Å². The zero-order chi connectivity index (χ0) is 15.5. The summed E-state index contributed by atoms with van der Waals surface area (Å²) in [5.41, 5.74) is 0.699. The highest BCUT2D eigenvalue weighted by Gasteiger charge is 2.38. The number of sulfonamides is 1. The van der Waals surface area contributed by atoms with Crippen molar-refractivity contribution >= 4 is 10.0 Å². The highest BCUT2D eigenvalue weighted by Crippen LogP contribution is 2.32. The molecule has 0 saturated carbocycles. The van der Waals surface area contributed by atoms with E-state index in [-0.39, 0.29) is 18.7 Å². The van der Waals surface area contributed by atoms with Crippen LogP contribution in [0.25, 0.3) is 0 Å². The summed E-state index contributed by atoms with van der Waals surface area (Å²) in [6, 6.07) is 6.69. The average molecular weight is 307 g/mol. The fourth-order valence-electron chi connectivity index (χ4n) is 2.84. The van der Waals surface area contributed by atoms with E-state index in [0.717, 1.165) is 19.3 Å². The molecule has 1 aliphatic heterocycles. The van der Waals surface area contributed by atoms with Gasteiger partial charge in [-0.05, 0) is 50.5 Å². The molecule has 1 fully saturated rings. The third-order valence-electron chi connectivity index (χ3n) is 3.92. The Balaban J connectivity index is 2.31. The van der Waals surface area contributed by atoms with E-state index in [1.165, 1.54) is 0 Å². The lowest BCUT2D eigenvalue weighted by Gasteiger charge is -2.27. The molecule has 114 valence electrons. The molecule has 0 bridgehead atoms. The number of hydrogen-bond donors (Lipinski definition) is 1. The summed E-state index contributed by atoms with van der Waals surface area (Å²) in [6.45, 7) is 3.79. The summed E-state index contributed by atoms with van der Waals surface area (Å²) >= 11 is 0. The van der Waals surface area contributed by atoms with Gasteiger partial charge in [0.25, 0.3) is 0 Å². The molecule has 1 N–H and O–H groups in total. The summed E-state index contributed by atoms with van der Waals surface area (Å²) < 4.78 is 27.2. The maximum Gasteiger partial charge on any atom is 0.243 e. The molecular formula is C16H21NO3S. The van der Waals surface area contributed by atoms with Gasteiger partial charge in [-0.15, -0.1) is 0 Å². The predicted octanol–water partition coefficient (Wildman–Crippen LogP) is 1.98. The van der Waals surface area contributed by atoms with Gasteiger partial charge in [0, 0.05) is 17.6 Å². The number of rotatable bonds is 3. The second kappa shape index (κ2) is 6.61. The molecule has 0 aliphatic carbocycles. The molecule has 0 amide bonds. The van der Waals surface area contributed by atoms with E-state index in [2.05, 4.69) is 11.8 Å². The second-order valence-electron chi connectivity index (χ2n) is 5.31. The van der Waals surface area contributed by atoms with E-state index in [1.807, 2.05) is 13.8 Å². The molecule has 21 heavy (non-hydrogen) atoms. The Hall–Kier alpha value is -1.35. The number of nitrogens with zero attached hydrogens (tertiary/aromatic N) is 1. The van der Waals surface area contributed by atoms with Crippen LogP contribution in [-0.4, -0.2) is 36.5 Å². The van der Waals surface area contributed by atoms with E-state index in [0.29, 0.717) is 10.5 Å². The summed E-state index contributed by atoms with van der Waals surface area (Å²) in [4.78, 5) is 0.309. The van der Waals surface area contributed by atoms with Crippen LogP contribution >= 0.6 is 0 Å². The van der Waals surface area contributed by atoms with Crippen LogP contribution in [0.4, 0.5) is 0 Å². The second-order valence-corrected chi connectivity index (χ2v) is 7.15. The van der Waals surface area contributed by atoms with E-state index in [1.54, 1.807) is 28.6 Å². The van der Waals surface area contributed by atoms with Crippen LogP contribution < -0.4 is 0 Å². The van der Waals surface area contributed by atoms with E-state index >= 15 is 0 Å². The first-order chi connectivity index (χ1) is 10.0. The van der Waals surface area contributed by atoms with Crippen molar-refractivity contribution in [2.45, 2.75) is 50.1 Å². The Bertz CT molecular complexity index is 640. The van der Waals surface area contributed by atoms with Gasteiger partial charge in [0.05, 0.1) is 4.90 Å². The van der Waals surface area contributed by atoms with Crippen molar-refractivity contribution in [3.63, 3.8) is 0 Å². The SMILES string of the molecule is CCC1CCC(C)N1S(=O)(=O)c1ccc(C#CCO)cc1. The number of aliphatic hydroxyl groups excluding tert-OH is 1. The van der Waals surface area contributed by atoms with Crippen LogP contribution in [0.15, 0.2) is 29.2 Å². The molecule has 5 heteroatoms. The lowest BCUT2D eigenvalue weighted by atomic mass is 10.2. The highest BCUT2D eigenvalue weighted by molar-refractivity contribution is 7.89. The van der Waals surface area contributed by atoms with Crippen LogP contribution in [0.1, 0.15) is 38.7 Å². The van der Waals surface area contributed by atoms with Gasteiger partial charge in [0.15, 0.2) is 0 Å². The first-order valence-corrected chi connectivity index (χ1v) is 8.68. The molecule has 2 atom stereocenters. The van der Waals surface area contributed by atoms with E-state index in [9.17, 15) is 8.42 Å². The van der Waals surface area contributed by atoms with Crippen molar-refractivity contribution in [1.82, 2.24) is 4.31 Å². The van der Waals surface area contributed by atoms with Crippen LogP contribution in [0.3, 0.4) is 0 Å². The zero-order valence-corrected chi connectivity index (χ0v) is 13.2. The minimum absolute atomic E-state index is 0.0498. The topological polar surface area (TPSA) is 57.6 Å². The molecule has 0 spiro atoms. The van der Waals surface area contributed by atoms with Gasteiger partial charge in [-0.3, -0.25) is 0 Å². The van der Waals surface area contributed by atoms with Crippen molar-refractivity contribution < 1.29 is 13.5 Å². The molecule has 2 unspecified atom stereocenters. The summed E-state index contributed by atoms with van der Waals surface area (Å²) in [5.74, 6) is 5.31. The largest absolute Gasteiger partial charge is 0.384 e. The third kappa shape index (κ3) is 3.29. The van der Waals surface area contributed by atoms with E-state index in [4.69, 9.17) is 5.11 Å². The Kier molecular flexibility index (Phi) is 5.04. The maximum atomic E-state index is 12.8. The fourth-order valence-corrected chi connectivity index (χ4v) is 4.79. The number of aliphatic hydroxyl groups is 1. The fraction of sp³-hybridized carbons (Fsp3) is 0.500. The average Bonchev–Trinajstić information content (AvgIpc) is 2.87. The van der Waals surface area contributed by atoms with Gasteiger partial charge >= 0.3 is 0 Å². The van der Waals surface area contributed by atoms with Crippen molar-refractivity contribution in [1.29, 1.82) is 0 Å². The molecule has 4 nitrogen and oxygen atoms in total. The molecule has 2 rings (SSSR count). The summed E-state index contributed by atoms with van der Waals surface area (Å²) in [6.07, 6.45) is 2.68. The number of benzene rings is 1. The molecule has 1 heterocycles. The first-order valence-electron chi connectivity index (χ1n) is 7.24. The highest BCUT2D eigenvalue weighted by atomic mass is 32.2. The lowest BCUT2D eigenvalue weighted by molar-refractivity contribution is 0.328. The summed E-state index contributed by atoms with van der Waals surface area (Å²) in [7, 11) is -3.45. The van der Waals surface area contributed by atoms with Gasteiger partial charge in [0.1, 0.15) is 6.61 Å². The Labute approximate surface area is 126 Å². The molecule has 0 aromatic heterocycles. The van der Waals surface area contributed by atoms with Gasteiger partial charge in [0.2, 0.25) is 10.0 Å². The van der Waals surface area contributed by atoms with Crippen molar-refractivity contribution in [2.24, 2.45) is 0 Å². The monoisotopic (exact) mass is 307 g/mol. The maximum absolute atomic E-state index is 12.8. The molecule has 1 aromatic rings. The van der Waals surface area contributed by atoms with Gasteiger partial charge in [-0.1, -0.05) is 18.8 Å². The standard InChI is InChI=1S/C16H21NO3S/c1-3-15-9-6-13(2)17(15)21(19,20)16-10-7-14(8-11-16)5-4-12-18/h7-8,10-11,13,15,18H,3,6,9,12H2,1-2H3. The van der Waals surface area contributed by atoms with E-state index < -0.39 is 10.0 Å². The smallest absolute Gasteiger partial charge is 0.243 e. The quantitative estimate of drug-likeness (QED) is 0.869. The van der Waals surface area contributed by atoms with Crippen molar-refractivity contribution in [3.05, 3.63) is 29.8 Å². The lowest BCUT2D eigenvalue weighted by Crippen LogP contribution is -2.39. The normalized spacial score (nSPS) is 22.8. The van der Waals surface area contributed by atoms with Crippen LogP contribution in [0, 0.1) is 11.8 Å². The van der Waals surface area contributed by atoms with Crippen LogP contribution in [0.2, 0.25) is 0 Å². The van der Waals surface area contributed by atoms with Crippen LogP contribution in [-0.2, 0) is 10.0 Å². The van der Waals surface area contributed by atoms with Gasteiger partial charge in [-0.25, -0.2) is 8.42 Å². The Morgan fingerprint density at radius 2 is 1.95 bits per heavy atom. The minimum atomic E-state index is -3.45. The Morgan fingerprint density at radius 1 is 1.29 bits per heavy atom. The molecule has 1 aromatic carbocycles. The third-order valence-corrected chi connectivity index (χ3v) is 6.01. The minimum Gasteiger partial charge on any atom is -0.384 e. The van der Waals surface area contributed by atoms with Gasteiger partial charge in [-0.2, -0.15) is 4.31 Å². The van der Waals surface area contributed by atoms with Crippen molar-refractivity contribution in [2.75, 3.05) is 6.61 Å². The van der Waals surface area contributed by atoms with Gasteiger partial charge < -0.3 is 5.11 Å². The zero-order valence-electron chi connectivity index (χ0n) is 12.4. The first kappa shape index (κ1) is 16.0. The Morgan fingerprint density at radius 3 is 2.52 bits per heavy atom. The summed E-state index contributed by atoms with van der Waals surface area (Å²) in [5, 5.41) is 8.66. The molecule has 1 aliphatic rings. The molecule has 1 saturated heterocycles.